The normalized spacial score (nSPS) is 20.0. The van der Waals surface area contributed by atoms with Crippen LogP contribution in [-0.2, 0) is 45.7 Å². The lowest BCUT2D eigenvalue weighted by atomic mass is 9.99. The molecule has 1 saturated heterocycles. The Morgan fingerprint density at radius 2 is 1.58 bits per heavy atom. The highest BCUT2D eigenvalue weighted by atomic mass is 32.2. The number of nitrogens with zero attached hydrogens (tertiary/aromatic N) is 1. The predicted molar refractivity (Wildman–Crippen MR) is 134 cm³/mol. The van der Waals surface area contributed by atoms with E-state index in [9.17, 15) is 26.0 Å². The van der Waals surface area contributed by atoms with Gasteiger partial charge in [-0.15, -0.1) is 0 Å². The van der Waals surface area contributed by atoms with E-state index < -0.39 is 37.9 Å². The van der Waals surface area contributed by atoms with E-state index in [2.05, 4.69) is 11.4 Å². The summed E-state index contributed by atoms with van der Waals surface area (Å²) in [6, 6.07) is 5.20. The van der Waals surface area contributed by atoms with Gasteiger partial charge in [0.1, 0.15) is 5.82 Å². The largest absolute Gasteiger partial charge is 0.333 e. The zero-order valence-electron chi connectivity index (χ0n) is 19.7. The average Bonchev–Trinajstić information content (AvgIpc) is 3.58. The monoisotopic (exact) mass is 533 g/mol. The lowest BCUT2D eigenvalue weighted by Crippen LogP contribution is -2.36. The Kier molecular flexibility index (Phi) is 6.65. The molecule has 8 nitrogen and oxygen atoms in total. The van der Waals surface area contributed by atoms with Gasteiger partial charge in [-0.25, -0.2) is 30.7 Å². The van der Waals surface area contributed by atoms with Gasteiger partial charge < -0.3 is 5.32 Å². The number of carbonyl (C=O) groups excluding carboxylic acids is 1. The molecule has 1 fully saturated rings. The summed E-state index contributed by atoms with van der Waals surface area (Å²) in [7, 11) is -8.10. The highest BCUT2D eigenvalue weighted by Crippen LogP contribution is 2.38. The fourth-order valence-corrected chi connectivity index (χ4v) is 7.88. The molecule has 2 aromatic carbocycles. The third kappa shape index (κ3) is 4.91. The summed E-state index contributed by atoms with van der Waals surface area (Å²) in [6.45, 7) is 0.215. The minimum atomic E-state index is -4.17. The predicted octanol–water partition coefficient (Wildman–Crippen LogP) is 3.62. The van der Waals surface area contributed by atoms with E-state index in [1.807, 2.05) is 4.72 Å². The fourth-order valence-electron chi connectivity index (χ4n) is 5.46. The standard InChI is InChI=1S/C25H28FN3O5S2/c26-19-9-11-21(12-10-19)36(33,34)29-14-3-6-20(29)13-15-35(31,32)28-25(30)27-24-22-7-1-4-17(22)16-18-5-2-8-23(18)24/h9-13,15-16,20H,1-8,14H2,(H2,27,28,30). The quantitative estimate of drug-likeness (QED) is 0.589. The van der Waals surface area contributed by atoms with E-state index in [1.165, 1.54) is 33.6 Å². The summed E-state index contributed by atoms with van der Waals surface area (Å²) in [4.78, 5) is 12.6. The maximum absolute atomic E-state index is 13.2. The Morgan fingerprint density at radius 3 is 2.22 bits per heavy atom. The first kappa shape index (κ1) is 24.9. The zero-order chi connectivity index (χ0) is 25.5. The molecule has 0 saturated carbocycles. The van der Waals surface area contributed by atoms with Crippen molar-refractivity contribution in [3.8, 4) is 0 Å². The van der Waals surface area contributed by atoms with Gasteiger partial charge in [0.2, 0.25) is 10.0 Å². The zero-order valence-corrected chi connectivity index (χ0v) is 21.3. The van der Waals surface area contributed by atoms with E-state index in [1.54, 1.807) is 0 Å². The molecule has 11 heteroatoms. The molecule has 1 aliphatic heterocycles. The van der Waals surface area contributed by atoms with E-state index in [4.69, 9.17) is 0 Å². The van der Waals surface area contributed by atoms with Crippen LogP contribution in [0.2, 0.25) is 0 Å². The number of hydrogen-bond acceptors (Lipinski definition) is 5. The van der Waals surface area contributed by atoms with Crippen LogP contribution in [0.25, 0.3) is 0 Å². The van der Waals surface area contributed by atoms with Crippen LogP contribution in [0, 0.1) is 5.82 Å². The summed E-state index contributed by atoms with van der Waals surface area (Å²) in [5.74, 6) is -0.548. The third-order valence-electron chi connectivity index (χ3n) is 7.09. The van der Waals surface area contributed by atoms with Gasteiger partial charge in [-0.1, -0.05) is 12.1 Å². The summed E-state index contributed by atoms with van der Waals surface area (Å²) in [5, 5.41) is 3.63. The number of rotatable bonds is 6. The fraction of sp³-hybridized carbons (Fsp3) is 0.400. The molecule has 36 heavy (non-hydrogen) atoms. The van der Waals surface area contributed by atoms with Crippen LogP contribution < -0.4 is 10.0 Å². The summed E-state index contributed by atoms with van der Waals surface area (Å²) >= 11 is 0. The Morgan fingerprint density at radius 1 is 0.944 bits per heavy atom. The molecule has 0 bridgehead atoms. The topological polar surface area (TPSA) is 113 Å². The molecule has 2 aliphatic carbocycles. The van der Waals surface area contributed by atoms with Crippen LogP contribution in [0.5, 0.6) is 0 Å². The van der Waals surface area contributed by atoms with Gasteiger partial charge in [0.05, 0.1) is 4.90 Å². The number of urea groups is 1. The lowest BCUT2D eigenvalue weighted by molar-refractivity contribution is 0.256. The smallest absolute Gasteiger partial charge is 0.307 e. The van der Waals surface area contributed by atoms with Crippen molar-refractivity contribution in [3.63, 3.8) is 0 Å². The van der Waals surface area contributed by atoms with Crippen LogP contribution >= 0.6 is 0 Å². The van der Waals surface area contributed by atoms with E-state index in [-0.39, 0.29) is 11.4 Å². The van der Waals surface area contributed by atoms with Crippen molar-refractivity contribution < 1.29 is 26.0 Å². The van der Waals surface area contributed by atoms with Crippen molar-refractivity contribution in [2.24, 2.45) is 0 Å². The van der Waals surface area contributed by atoms with Crippen molar-refractivity contribution in [2.75, 3.05) is 11.9 Å². The number of fused-ring (bicyclic) bond motifs is 2. The van der Waals surface area contributed by atoms with Crippen molar-refractivity contribution in [2.45, 2.75) is 62.3 Å². The third-order valence-corrected chi connectivity index (χ3v) is 10.0. The SMILES string of the molecule is O=C(Nc1c2c(cc3c1CCC3)CCC2)NS(=O)(=O)C=CC1CCCN1S(=O)(=O)c1ccc(F)cc1. The van der Waals surface area contributed by atoms with Crippen molar-refractivity contribution in [1.29, 1.82) is 0 Å². The first-order valence-electron chi connectivity index (χ1n) is 12.1. The van der Waals surface area contributed by atoms with Crippen molar-refractivity contribution in [3.05, 3.63) is 69.9 Å². The number of sulfonamides is 2. The van der Waals surface area contributed by atoms with E-state index in [0.29, 0.717) is 12.8 Å². The van der Waals surface area contributed by atoms with Crippen LogP contribution in [0.1, 0.15) is 47.9 Å². The molecule has 5 rings (SSSR count). The highest BCUT2D eigenvalue weighted by molar-refractivity contribution is 7.93. The first-order valence-corrected chi connectivity index (χ1v) is 15.1. The highest BCUT2D eigenvalue weighted by Gasteiger charge is 2.34. The van der Waals surface area contributed by atoms with E-state index in [0.717, 1.165) is 72.9 Å². The van der Waals surface area contributed by atoms with Gasteiger partial charge in [0.15, 0.2) is 0 Å². The molecule has 0 aromatic heterocycles. The van der Waals surface area contributed by atoms with Gasteiger partial charge in [-0.2, -0.15) is 4.31 Å². The number of aryl methyl sites for hydroxylation is 2. The number of halogens is 1. The minimum Gasteiger partial charge on any atom is -0.307 e. The second-order valence-corrected chi connectivity index (χ2v) is 12.9. The van der Waals surface area contributed by atoms with Gasteiger partial charge >= 0.3 is 6.03 Å². The van der Waals surface area contributed by atoms with E-state index >= 15 is 0 Å². The number of carbonyl (C=O) groups is 1. The maximum atomic E-state index is 13.2. The Bertz CT molecular complexity index is 1400. The second kappa shape index (κ2) is 9.60. The van der Waals surface area contributed by atoms with Crippen LogP contribution in [-0.4, -0.2) is 39.8 Å². The Hall–Kier alpha value is -2.76. The lowest BCUT2D eigenvalue weighted by Gasteiger charge is -2.21. The molecular formula is C25H28FN3O5S2. The Labute approximate surface area is 210 Å². The second-order valence-electron chi connectivity index (χ2n) is 9.44. The molecule has 2 amide bonds. The summed E-state index contributed by atoms with van der Waals surface area (Å²) in [5.41, 5.74) is 5.36. The molecule has 2 aromatic rings. The number of anilines is 1. The summed E-state index contributed by atoms with van der Waals surface area (Å²) in [6.07, 6.45) is 7.89. The van der Waals surface area contributed by atoms with Crippen LogP contribution in [0.3, 0.4) is 0 Å². The molecular weight excluding hydrogens is 505 g/mol. The number of hydrogen-bond donors (Lipinski definition) is 2. The van der Waals surface area contributed by atoms with Gasteiger partial charge in [0.25, 0.3) is 10.0 Å². The van der Waals surface area contributed by atoms with Gasteiger partial charge in [0, 0.05) is 23.7 Å². The minimum absolute atomic E-state index is 0.0625. The number of benzene rings is 2. The molecule has 0 radical (unpaired) electrons. The molecule has 2 N–H and O–H groups in total. The number of amides is 2. The molecule has 1 unspecified atom stereocenters. The van der Waals surface area contributed by atoms with Gasteiger partial charge in [-0.05, 0) is 97.9 Å². The number of nitrogens with one attached hydrogen (secondary N) is 2. The molecule has 1 heterocycles. The first-order chi connectivity index (χ1) is 17.1. The molecule has 1 atom stereocenters. The van der Waals surface area contributed by atoms with Gasteiger partial charge in [-0.3, -0.25) is 0 Å². The molecule has 3 aliphatic rings. The average molecular weight is 534 g/mol. The summed E-state index contributed by atoms with van der Waals surface area (Å²) < 4.78 is 67.7. The maximum Gasteiger partial charge on any atom is 0.333 e. The van der Waals surface area contributed by atoms with Crippen molar-refractivity contribution in [1.82, 2.24) is 9.03 Å². The van der Waals surface area contributed by atoms with Crippen molar-refractivity contribution >= 4 is 31.8 Å². The molecule has 0 spiro atoms. The Balaban J connectivity index is 1.29. The molecule has 192 valence electrons. The van der Waals surface area contributed by atoms with Crippen LogP contribution in [0.4, 0.5) is 14.9 Å². The van der Waals surface area contributed by atoms with Crippen LogP contribution in [0.15, 0.2) is 46.7 Å².